The Morgan fingerprint density at radius 3 is 2.71 bits per heavy atom. The molecule has 3 N–H and O–H groups in total. The van der Waals surface area contributed by atoms with E-state index in [-0.39, 0.29) is 5.75 Å². The van der Waals surface area contributed by atoms with Gasteiger partial charge in [0.2, 0.25) is 0 Å². The predicted molar refractivity (Wildman–Crippen MR) is 68.0 cm³/mol. The van der Waals surface area contributed by atoms with E-state index in [4.69, 9.17) is 0 Å². The number of phenols is 1. The Kier molecular flexibility index (Phi) is 3.69. The van der Waals surface area contributed by atoms with Gasteiger partial charge in [0.25, 0.3) is 0 Å². The molecule has 0 aromatic heterocycles. The van der Waals surface area contributed by atoms with Gasteiger partial charge in [-0.15, -0.1) is 0 Å². The highest BCUT2D eigenvalue weighted by atomic mass is 16.3. The van der Waals surface area contributed by atoms with Gasteiger partial charge in [-0.3, -0.25) is 0 Å². The van der Waals surface area contributed by atoms with E-state index in [0.29, 0.717) is 12.3 Å². The highest BCUT2D eigenvalue weighted by Gasteiger charge is 2.32. The van der Waals surface area contributed by atoms with Gasteiger partial charge in [-0.2, -0.15) is 0 Å². The van der Waals surface area contributed by atoms with E-state index >= 15 is 0 Å². The zero-order valence-corrected chi connectivity index (χ0v) is 10.3. The van der Waals surface area contributed by atoms with E-state index in [1.165, 1.54) is 0 Å². The number of benzene rings is 1. The highest BCUT2D eigenvalue weighted by molar-refractivity contribution is 5.28. The Morgan fingerprint density at radius 1 is 1.35 bits per heavy atom. The second kappa shape index (κ2) is 5.07. The van der Waals surface area contributed by atoms with Crippen molar-refractivity contribution >= 4 is 0 Å². The summed E-state index contributed by atoms with van der Waals surface area (Å²) < 4.78 is 0. The van der Waals surface area contributed by atoms with Crippen molar-refractivity contribution in [2.24, 2.45) is 5.92 Å². The fraction of sp³-hybridized carbons (Fsp3) is 0.571. The lowest BCUT2D eigenvalue weighted by Crippen LogP contribution is -2.43. The summed E-state index contributed by atoms with van der Waals surface area (Å²) in [6.07, 6.45) is 2.64. The molecule has 0 amide bonds. The van der Waals surface area contributed by atoms with Crippen molar-refractivity contribution in [2.75, 3.05) is 13.1 Å². The first-order valence-electron chi connectivity index (χ1n) is 6.29. The van der Waals surface area contributed by atoms with Gasteiger partial charge in [0.15, 0.2) is 0 Å². The van der Waals surface area contributed by atoms with E-state index in [2.05, 4.69) is 5.32 Å². The van der Waals surface area contributed by atoms with Crippen molar-refractivity contribution in [3.63, 3.8) is 0 Å². The molecule has 1 saturated heterocycles. The van der Waals surface area contributed by atoms with Crippen LogP contribution in [-0.2, 0) is 6.42 Å². The second-order valence-electron chi connectivity index (χ2n) is 5.23. The fourth-order valence-corrected chi connectivity index (χ4v) is 2.67. The van der Waals surface area contributed by atoms with Crippen LogP contribution in [0.2, 0.25) is 0 Å². The number of aromatic hydroxyl groups is 1. The molecule has 1 aliphatic heterocycles. The van der Waals surface area contributed by atoms with Crippen LogP contribution in [0.25, 0.3) is 0 Å². The summed E-state index contributed by atoms with van der Waals surface area (Å²) in [5, 5.41) is 23.3. The lowest BCUT2D eigenvalue weighted by atomic mass is 9.78. The molecule has 2 rings (SSSR count). The molecule has 1 aromatic carbocycles. The van der Waals surface area contributed by atoms with Crippen LogP contribution in [0.3, 0.4) is 0 Å². The number of nitrogens with one attached hydrogen (secondary N) is 1. The lowest BCUT2D eigenvalue weighted by Gasteiger charge is -2.36. The van der Waals surface area contributed by atoms with Gasteiger partial charge < -0.3 is 15.5 Å². The van der Waals surface area contributed by atoms with E-state index in [9.17, 15) is 10.2 Å². The Bertz CT molecular complexity index is 370. The summed E-state index contributed by atoms with van der Waals surface area (Å²) in [5.74, 6) is 0.606. The fourth-order valence-electron chi connectivity index (χ4n) is 2.67. The largest absolute Gasteiger partial charge is 0.508 e. The summed E-state index contributed by atoms with van der Waals surface area (Å²) in [4.78, 5) is 0. The average molecular weight is 235 g/mol. The van der Waals surface area contributed by atoms with Crippen molar-refractivity contribution in [3.05, 3.63) is 29.8 Å². The van der Waals surface area contributed by atoms with Crippen molar-refractivity contribution in [2.45, 2.75) is 31.8 Å². The molecular formula is C14H21NO2. The molecule has 1 heterocycles. The maximum atomic E-state index is 10.6. The van der Waals surface area contributed by atoms with Gasteiger partial charge in [-0.1, -0.05) is 12.1 Å². The van der Waals surface area contributed by atoms with Crippen LogP contribution in [0.15, 0.2) is 24.3 Å². The van der Waals surface area contributed by atoms with E-state index in [1.807, 2.05) is 19.1 Å². The Hall–Kier alpha value is -1.06. The van der Waals surface area contributed by atoms with Gasteiger partial charge in [-0.05, 0) is 56.5 Å². The van der Waals surface area contributed by atoms with Crippen LogP contribution in [0.1, 0.15) is 25.3 Å². The van der Waals surface area contributed by atoms with Gasteiger partial charge >= 0.3 is 0 Å². The topological polar surface area (TPSA) is 52.5 Å². The summed E-state index contributed by atoms with van der Waals surface area (Å²) in [6.45, 7) is 3.88. The molecular weight excluding hydrogens is 214 g/mol. The minimum Gasteiger partial charge on any atom is -0.508 e. The summed E-state index contributed by atoms with van der Waals surface area (Å²) in [6, 6.07) is 7.16. The highest BCUT2D eigenvalue weighted by Crippen LogP contribution is 2.29. The van der Waals surface area contributed by atoms with Crippen molar-refractivity contribution in [1.82, 2.24) is 5.32 Å². The molecule has 94 valence electrons. The number of phenolic OH excluding ortho intramolecular Hbond substituents is 1. The zero-order valence-electron chi connectivity index (χ0n) is 10.3. The molecule has 0 saturated carbocycles. The van der Waals surface area contributed by atoms with Gasteiger partial charge in [-0.25, -0.2) is 0 Å². The monoisotopic (exact) mass is 235 g/mol. The number of hydrogen-bond acceptors (Lipinski definition) is 3. The molecule has 1 atom stereocenters. The van der Waals surface area contributed by atoms with Crippen molar-refractivity contribution < 1.29 is 10.2 Å². The lowest BCUT2D eigenvalue weighted by molar-refractivity contribution is -0.0131. The Morgan fingerprint density at radius 2 is 2.06 bits per heavy atom. The van der Waals surface area contributed by atoms with Crippen molar-refractivity contribution in [1.29, 1.82) is 0 Å². The first-order valence-corrected chi connectivity index (χ1v) is 6.29. The third-order valence-corrected chi connectivity index (χ3v) is 3.69. The van der Waals surface area contributed by atoms with E-state index in [1.54, 1.807) is 12.1 Å². The van der Waals surface area contributed by atoms with E-state index < -0.39 is 5.60 Å². The minimum absolute atomic E-state index is 0.267. The molecule has 0 spiro atoms. The van der Waals surface area contributed by atoms with Crippen LogP contribution in [-0.4, -0.2) is 28.9 Å². The third kappa shape index (κ3) is 3.20. The first-order chi connectivity index (χ1) is 8.08. The molecule has 1 fully saturated rings. The maximum Gasteiger partial charge on any atom is 0.115 e. The Labute approximate surface area is 102 Å². The molecule has 1 aromatic rings. The molecule has 17 heavy (non-hydrogen) atoms. The molecule has 3 heteroatoms. The van der Waals surface area contributed by atoms with Crippen LogP contribution in [0.4, 0.5) is 0 Å². The van der Waals surface area contributed by atoms with Gasteiger partial charge in [0.1, 0.15) is 5.75 Å². The second-order valence-corrected chi connectivity index (χ2v) is 5.23. The normalized spacial score (nSPS) is 21.1. The van der Waals surface area contributed by atoms with Gasteiger partial charge in [0.05, 0.1) is 5.60 Å². The number of rotatable bonds is 3. The van der Waals surface area contributed by atoms with Crippen LogP contribution < -0.4 is 5.32 Å². The van der Waals surface area contributed by atoms with Crippen LogP contribution in [0.5, 0.6) is 5.75 Å². The standard InChI is InChI=1S/C14H21NO2/c1-14(17,12-5-7-15-8-6-12)10-11-3-2-4-13(16)9-11/h2-4,9,12,15-17H,5-8,10H2,1H3. The summed E-state index contributed by atoms with van der Waals surface area (Å²) in [7, 11) is 0. The number of piperidine rings is 1. The van der Waals surface area contributed by atoms with Gasteiger partial charge in [0, 0.05) is 6.42 Å². The minimum atomic E-state index is -0.685. The molecule has 3 nitrogen and oxygen atoms in total. The Balaban J connectivity index is 2.05. The number of hydrogen-bond donors (Lipinski definition) is 3. The quantitative estimate of drug-likeness (QED) is 0.747. The molecule has 1 unspecified atom stereocenters. The molecule has 1 aliphatic rings. The maximum absolute atomic E-state index is 10.6. The van der Waals surface area contributed by atoms with Crippen LogP contribution >= 0.6 is 0 Å². The third-order valence-electron chi connectivity index (χ3n) is 3.69. The van der Waals surface area contributed by atoms with E-state index in [0.717, 1.165) is 31.5 Å². The molecule has 0 bridgehead atoms. The smallest absolute Gasteiger partial charge is 0.115 e. The summed E-state index contributed by atoms with van der Waals surface area (Å²) in [5.41, 5.74) is 0.309. The molecule has 0 aliphatic carbocycles. The van der Waals surface area contributed by atoms with Crippen molar-refractivity contribution in [3.8, 4) is 5.75 Å². The summed E-state index contributed by atoms with van der Waals surface area (Å²) >= 11 is 0. The number of aliphatic hydroxyl groups is 1. The average Bonchev–Trinajstić information content (AvgIpc) is 2.29. The SMILES string of the molecule is CC(O)(Cc1cccc(O)c1)C1CCNCC1. The first kappa shape index (κ1) is 12.4. The zero-order chi connectivity index (χ0) is 12.3. The molecule has 0 radical (unpaired) electrons. The van der Waals surface area contributed by atoms with Crippen LogP contribution in [0, 0.1) is 5.92 Å². The predicted octanol–water partition coefficient (Wildman–Crippen LogP) is 1.69.